The molecular weight excluding hydrogens is 254 g/mol. The van der Waals surface area contributed by atoms with Crippen molar-refractivity contribution in [2.45, 2.75) is 37.8 Å². The van der Waals surface area contributed by atoms with Crippen LogP contribution in [-0.2, 0) is 0 Å². The average molecular weight is 271 g/mol. The predicted molar refractivity (Wildman–Crippen MR) is 75.3 cm³/mol. The summed E-state index contributed by atoms with van der Waals surface area (Å²) in [4.78, 5) is 20.7. The van der Waals surface area contributed by atoms with Gasteiger partial charge in [0.05, 0.1) is 29.4 Å². The number of nitrogens with one attached hydrogen (secondary N) is 1. The van der Waals surface area contributed by atoms with E-state index < -0.39 is 6.10 Å². The van der Waals surface area contributed by atoms with E-state index >= 15 is 0 Å². The topological polar surface area (TPSA) is 75.1 Å². The van der Waals surface area contributed by atoms with E-state index in [1.807, 2.05) is 24.3 Å². The van der Waals surface area contributed by atoms with Crippen molar-refractivity contribution < 1.29 is 9.90 Å². The van der Waals surface area contributed by atoms with Crippen molar-refractivity contribution in [2.75, 3.05) is 0 Å². The first-order valence-corrected chi connectivity index (χ1v) is 6.95. The molecule has 5 nitrogen and oxygen atoms in total. The van der Waals surface area contributed by atoms with Crippen LogP contribution in [0.3, 0.4) is 0 Å². The summed E-state index contributed by atoms with van der Waals surface area (Å²) in [5, 5.41) is 12.7. The van der Waals surface area contributed by atoms with Crippen LogP contribution >= 0.6 is 0 Å². The van der Waals surface area contributed by atoms with Crippen LogP contribution in [0.2, 0.25) is 0 Å². The normalized spacial score (nSPS) is 22.6. The van der Waals surface area contributed by atoms with Crippen molar-refractivity contribution >= 4 is 16.9 Å². The predicted octanol–water partition coefficient (Wildman–Crippen LogP) is 1.66. The van der Waals surface area contributed by atoms with E-state index in [1.165, 1.54) is 6.20 Å². The number of amides is 1. The second kappa shape index (κ2) is 5.54. The van der Waals surface area contributed by atoms with Gasteiger partial charge in [-0.25, -0.2) is 4.98 Å². The zero-order valence-corrected chi connectivity index (χ0v) is 11.1. The maximum absolute atomic E-state index is 12.2. The van der Waals surface area contributed by atoms with E-state index in [2.05, 4.69) is 15.3 Å². The molecule has 1 aliphatic carbocycles. The monoisotopic (exact) mass is 271 g/mol. The van der Waals surface area contributed by atoms with Crippen molar-refractivity contribution in [3.05, 3.63) is 36.2 Å². The summed E-state index contributed by atoms with van der Waals surface area (Å²) in [6.45, 7) is 0. The van der Waals surface area contributed by atoms with Crippen LogP contribution in [0.25, 0.3) is 11.0 Å². The quantitative estimate of drug-likeness (QED) is 0.871. The molecule has 1 aliphatic rings. The summed E-state index contributed by atoms with van der Waals surface area (Å²) in [6, 6.07) is 7.26. The molecule has 0 unspecified atom stereocenters. The number of carbonyl (C=O) groups is 1. The van der Waals surface area contributed by atoms with Gasteiger partial charge >= 0.3 is 0 Å². The number of para-hydroxylation sites is 2. The molecule has 2 N–H and O–H groups in total. The van der Waals surface area contributed by atoms with E-state index in [-0.39, 0.29) is 11.9 Å². The van der Waals surface area contributed by atoms with Crippen molar-refractivity contribution in [3.8, 4) is 0 Å². The molecule has 1 aromatic heterocycles. The van der Waals surface area contributed by atoms with Gasteiger partial charge in [-0.15, -0.1) is 0 Å². The van der Waals surface area contributed by atoms with E-state index in [4.69, 9.17) is 0 Å². The van der Waals surface area contributed by atoms with Gasteiger partial charge in [0.1, 0.15) is 5.69 Å². The molecule has 2 aromatic rings. The van der Waals surface area contributed by atoms with Gasteiger partial charge in [-0.05, 0) is 25.0 Å². The Morgan fingerprint density at radius 3 is 2.75 bits per heavy atom. The molecule has 104 valence electrons. The van der Waals surface area contributed by atoms with Gasteiger partial charge in [0.2, 0.25) is 0 Å². The number of aliphatic hydroxyl groups is 1. The third kappa shape index (κ3) is 2.63. The van der Waals surface area contributed by atoms with Gasteiger partial charge in [0.15, 0.2) is 0 Å². The van der Waals surface area contributed by atoms with Gasteiger partial charge in [0, 0.05) is 0 Å². The Kier molecular flexibility index (Phi) is 3.60. The number of benzene rings is 1. The number of carbonyl (C=O) groups excluding carboxylic acids is 1. The van der Waals surface area contributed by atoms with Gasteiger partial charge < -0.3 is 10.4 Å². The van der Waals surface area contributed by atoms with Gasteiger partial charge in [0.25, 0.3) is 5.91 Å². The highest BCUT2D eigenvalue weighted by Crippen LogP contribution is 2.18. The van der Waals surface area contributed by atoms with Crippen molar-refractivity contribution in [3.63, 3.8) is 0 Å². The third-order valence-corrected chi connectivity index (χ3v) is 3.73. The van der Waals surface area contributed by atoms with Gasteiger partial charge in [-0.1, -0.05) is 25.0 Å². The fourth-order valence-electron chi connectivity index (χ4n) is 2.59. The lowest BCUT2D eigenvalue weighted by Crippen LogP contribution is -2.45. The van der Waals surface area contributed by atoms with Gasteiger partial charge in [-0.3, -0.25) is 9.78 Å². The Hall–Kier alpha value is -2.01. The van der Waals surface area contributed by atoms with Gasteiger partial charge in [-0.2, -0.15) is 0 Å². The highest BCUT2D eigenvalue weighted by atomic mass is 16.3. The molecular formula is C15H17N3O2. The third-order valence-electron chi connectivity index (χ3n) is 3.73. The highest BCUT2D eigenvalue weighted by molar-refractivity contribution is 5.93. The average Bonchev–Trinajstić information content (AvgIpc) is 2.49. The zero-order valence-electron chi connectivity index (χ0n) is 11.1. The maximum atomic E-state index is 12.2. The summed E-state index contributed by atoms with van der Waals surface area (Å²) < 4.78 is 0. The Labute approximate surface area is 117 Å². The summed E-state index contributed by atoms with van der Waals surface area (Å²) in [5.41, 5.74) is 1.76. The number of aromatic nitrogens is 2. The molecule has 20 heavy (non-hydrogen) atoms. The SMILES string of the molecule is O=C(N[C@@H]1CCCC[C@H]1O)c1cnc2ccccc2n1. The summed E-state index contributed by atoms with van der Waals surface area (Å²) in [7, 11) is 0. The minimum Gasteiger partial charge on any atom is -0.391 e. The molecule has 2 atom stereocenters. The Bertz CT molecular complexity index is 629. The molecule has 0 saturated heterocycles. The summed E-state index contributed by atoms with van der Waals surface area (Å²) in [5.74, 6) is -0.269. The smallest absolute Gasteiger partial charge is 0.271 e. The Morgan fingerprint density at radius 1 is 1.20 bits per heavy atom. The van der Waals surface area contributed by atoms with Crippen molar-refractivity contribution in [1.82, 2.24) is 15.3 Å². The Morgan fingerprint density at radius 2 is 1.95 bits per heavy atom. The first-order valence-electron chi connectivity index (χ1n) is 6.95. The first kappa shape index (κ1) is 13.0. The molecule has 1 aromatic carbocycles. The van der Waals surface area contributed by atoms with E-state index in [9.17, 15) is 9.90 Å². The number of rotatable bonds is 2. The van der Waals surface area contributed by atoms with Crippen LogP contribution in [0.1, 0.15) is 36.2 Å². The molecule has 0 radical (unpaired) electrons. The molecule has 1 saturated carbocycles. The molecule has 5 heteroatoms. The summed E-state index contributed by atoms with van der Waals surface area (Å²) in [6.07, 6.45) is 4.63. The van der Waals surface area contributed by atoms with E-state index in [1.54, 1.807) is 0 Å². The van der Waals surface area contributed by atoms with Crippen LogP contribution in [0.5, 0.6) is 0 Å². The summed E-state index contributed by atoms with van der Waals surface area (Å²) >= 11 is 0. The number of fused-ring (bicyclic) bond motifs is 1. The van der Waals surface area contributed by atoms with E-state index in [0.717, 1.165) is 31.2 Å². The fourth-order valence-corrected chi connectivity index (χ4v) is 2.59. The molecule has 3 rings (SSSR count). The van der Waals surface area contributed by atoms with Crippen LogP contribution in [-0.4, -0.2) is 33.1 Å². The van der Waals surface area contributed by atoms with Crippen LogP contribution < -0.4 is 5.32 Å². The Balaban J connectivity index is 1.78. The molecule has 1 fully saturated rings. The zero-order chi connectivity index (χ0) is 13.9. The molecule has 0 aliphatic heterocycles. The minimum absolute atomic E-state index is 0.176. The first-order chi connectivity index (χ1) is 9.74. The molecule has 1 amide bonds. The number of hydrogen-bond donors (Lipinski definition) is 2. The number of hydrogen-bond acceptors (Lipinski definition) is 4. The molecule has 1 heterocycles. The molecule has 0 bridgehead atoms. The van der Waals surface area contributed by atoms with Crippen LogP contribution in [0, 0.1) is 0 Å². The van der Waals surface area contributed by atoms with Crippen molar-refractivity contribution in [1.29, 1.82) is 0 Å². The maximum Gasteiger partial charge on any atom is 0.271 e. The standard InChI is InChI=1S/C15H17N3O2/c19-14-8-4-3-7-12(14)18-15(20)13-9-16-10-5-1-2-6-11(10)17-13/h1-2,5-6,9,12,14,19H,3-4,7-8H2,(H,18,20)/t12-,14-/m1/s1. The lowest BCUT2D eigenvalue weighted by molar-refractivity contribution is 0.0714. The van der Waals surface area contributed by atoms with E-state index in [0.29, 0.717) is 11.2 Å². The lowest BCUT2D eigenvalue weighted by Gasteiger charge is -2.28. The fraction of sp³-hybridized carbons (Fsp3) is 0.400. The number of aliphatic hydroxyl groups excluding tert-OH is 1. The molecule has 0 spiro atoms. The van der Waals surface area contributed by atoms with Crippen LogP contribution in [0.4, 0.5) is 0 Å². The largest absolute Gasteiger partial charge is 0.391 e. The number of nitrogens with zero attached hydrogens (tertiary/aromatic N) is 2. The minimum atomic E-state index is -0.457. The lowest BCUT2D eigenvalue weighted by atomic mass is 9.92. The van der Waals surface area contributed by atoms with Crippen molar-refractivity contribution in [2.24, 2.45) is 0 Å². The highest BCUT2D eigenvalue weighted by Gasteiger charge is 2.25. The second-order valence-corrected chi connectivity index (χ2v) is 5.18. The van der Waals surface area contributed by atoms with Crippen LogP contribution in [0.15, 0.2) is 30.5 Å². The second-order valence-electron chi connectivity index (χ2n) is 5.18.